The molecule has 1 aliphatic heterocycles. The molecule has 3 aromatic rings. The van der Waals surface area contributed by atoms with Crippen LogP contribution >= 0.6 is 0 Å². The Kier molecular flexibility index (Phi) is 3.19. The summed E-state index contributed by atoms with van der Waals surface area (Å²) < 4.78 is 7.18. The summed E-state index contributed by atoms with van der Waals surface area (Å²) in [6.07, 6.45) is 3.53. The Hall–Kier alpha value is -2.54. The predicted octanol–water partition coefficient (Wildman–Crippen LogP) is 1.33. The van der Waals surface area contributed by atoms with Gasteiger partial charge >= 0.3 is 0 Å². The predicted molar refractivity (Wildman–Crippen MR) is 81.8 cm³/mol. The highest BCUT2D eigenvalue weighted by Crippen LogP contribution is 2.22. The number of rotatable bonds is 2. The number of imidazole rings is 1. The van der Waals surface area contributed by atoms with Crippen LogP contribution in [-0.4, -0.2) is 50.9 Å². The molecule has 0 aliphatic carbocycles. The zero-order chi connectivity index (χ0) is 14.9. The van der Waals surface area contributed by atoms with Crippen LogP contribution in [0.4, 0.5) is 5.82 Å². The Bertz CT molecular complexity index is 809. The number of anilines is 1. The minimum Gasteiger partial charge on any atom is -0.378 e. The summed E-state index contributed by atoms with van der Waals surface area (Å²) in [5.74, 6) is 1.56. The smallest absolute Gasteiger partial charge is 0.182 e. The molecule has 0 saturated carbocycles. The van der Waals surface area contributed by atoms with Crippen molar-refractivity contribution in [2.24, 2.45) is 0 Å². The highest BCUT2D eigenvalue weighted by molar-refractivity contribution is 5.61. The van der Waals surface area contributed by atoms with Gasteiger partial charge in [-0.3, -0.25) is 0 Å². The number of aromatic nitrogens is 5. The highest BCUT2D eigenvalue weighted by atomic mass is 16.5. The van der Waals surface area contributed by atoms with Crippen LogP contribution in [0.2, 0.25) is 0 Å². The van der Waals surface area contributed by atoms with Crippen LogP contribution in [0.15, 0.2) is 30.6 Å². The molecule has 0 amide bonds. The summed E-state index contributed by atoms with van der Waals surface area (Å²) in [4.78, 5) is 15.9. The molecule has 1 aliphatic rings. The van der Waals surface area contributed by atoms with E-state index in [1.54, 1.807) is 16.9 Å². The zero-order valence-corrected chi connectivity index (χ0v) is 12.3. The third kappa shape index (κ3) is 2.19. The van der Waals surface area contributed by atoms with E-state index in [9.17, 15) is 0 Å². The van der Waals surface area contributed by atoms with E-state index in [0.717, 1.165) is 49.2 Å². The fourth-order valence-corrected chi connectivity index (χ4v) is 2.69. The SMILES string of the molecule is Cc1nc2cccnn2c1-c1nccc(N2CCOCC2)n1. The largest absolute Gasteiger partial charge is 0.378 e. The fraction of sp³-hybridized carbons (Fsp3) is 0.333. The minimum atomic E-state index is 0.646. The van der Waals surface area contributed by atoms with Crippen molar-refractivity contribution in [2.45, 2.75) is 6.92 Å². The lowest BCUT2D eigenvalue weighted by Crippen LogP contribution is -2.36. The summed E-state index contributed by atoms with van der Waals surface area (Å²) in [6, 6.07) is 5.73. The van der Waals surface area contributed by atoms with Crippen LogP contribution in [0.25, 0.3) is 17.2 Å². The van der Waals surface area contributed by atoms with Crippen LogP contribution in [-0.2, 0) is 4.74 Å². The van der Waals surface area contributed by atoms with Crippen LogP contribution in [0.3, 0.4) is 0 Å². The van der Waals surface area contributed by atoms with Crippen molar-refractivity contribution < 1.29 is 4.74 Å². The number of hydrogen-bond donors (Lipinski definition) is 0. The number of morpholine rings is 1. The molecule has 1 fully saturated rings. The van der Waals surface area contributed by atoms with Gasteiger partial charge in [-0.25, -0.2) is 19.5 Å². The third-order valence-corrected chi connectivity index (χ3v) is 3.76. The molecule has 22 heavy (non-hydrogen) atoms. The first-order valence-corrected chi connectivity index (χ1v) is 7.29. The van der Waals surface area contributed by atoms with Gasteiger partial charge in [-0.2, -0.15) is 5.10 Å². The van der Waals surface area contributed by atoms with Gasteiger partial charge in [0.25, 0.3) is 0 Å². The van der Waals surface area contributed by atoms with E-state index in [1.165, 1.54) is 0 Å². The lowest BCUT2D eigenvalue weighted by atomic mass is 10.3. The van der Waals surface area contributed by atoms with Crippen LogP contribution < -0.4 is 4.90 Å². The zero-order valence-electron chi connectivity index (χ0n) is 12.3. The molecular weight excluding hydrogens is 280 g/mol. The Balaban J connectivity index is 1.80. The van der Waals surface area contributed by atoms with Gasteiger partial charge < -0.3 is 9.64 Å². The van der Waals surface area contributed by atoms with E-state index in [-0.39, 0.29) is 0 Å². The van der Waals surface area contributed by atoms with E-state index < -0.39 is 0 Å². The molecule has 112 valence electrons. The lowest BCUT2D eigenvalue weighted by molar-refractivity contribution is 0.122. The molecule has 3 aromatic heterocycles. The molecule has 7 nitrogen and oxygen atoms in total. The van der Waals surface area contributed by atoms with E-state index in [4.69, 9.17) is 9.72 Å². The summed E-state index contributed by atoms with van der Waals surface area (Å²) >= 11 is 0. The van der Waals surface area contributed by atoms with Crippen molar-refractivity contribution >= 4 is 11.5 Å². The maximum Gasteiger partial charge on any atom is 0.182 e. The number of hydrogen-bond acceptors (Lipinski definition) is 6. The highest BCUT2D eigenvalue weighted by Gasteiger charge is 2.17. The van der Waals surface area contributed by atoms with Gasteiger partial charge in [0.15, 0.2) is 11.5 Å². The lowest BCUT2D eigenvalue weighted by Gasteiger charge is -2.27. The second-order valence-electron chi connectivity index (χ2n) is 5.18. The number of ether oxygens (including phenoxy) is 1. The van der Waals surface area contributed by atoms with Crippen molar-refractivity contribution in [3.05, 3.63) is 36.3 Å². The summed E-state index contributed by atoms with van der Waals surface area (Å²) in [7, 11) is 0. The number of nitrogens with zero attached hydrogens (tertiary/aromatic N) is 6. The van der Waals surface area contributed by atoms with E-state index in [0.29, 0.717) is 5.82 Å². The van der Waals surface area contributed by atoms with Gasteiger partial charge in [-0.1, -0.05) is 0 Å². The quantitative estimate of drug-likeness (QED) is 0.710. The molecular formula is C15H16N6O. The molecule has 0 N–H and O–H groups in total. The number of aryl methyl sites for hydroxylation is 1. The molecule has 0 bridgehead atoms. The van der Waals surface area contributed by atoms with Crippen LogP contribution in [0.5, 0.6) is 0 Å². The second kappa shape index (κ2) is 5.34. The summed E-state index contributed by atoms with van der Waals surface area (Å²) in [5.41, 5.74) is 2.51. The molecule has 0 atom stereocenters. The van der Waals surface area contributed by atoms with Crippen molar-refractivity contribution in [1.29, 1.82) is 0 Å². The van der Waals surface area contributed by atoms with Gasteiger partial charge in [-0.05, 0) is 25.1 Å². The first-order valence-electron chi connectivity index (χ1n) is 7.29. The summed E-state index contributed by atoms with van der Waals surface area (Å²) in [5, 5.41) is 4.36. The Morgan fingerprint density at radius 1 is 1.09 bits per heavy atom. The van der Waals surface area contributed by atoms with Crippen molar-refractivity contribution in [2.75, 3.05) is 31.2 Å². The summed E-state index contributed by atoms with van der Waals surface area (Å²) in [6.45, 7) is 5.11. The molecule has 0 unspecified atom stereocenters. The van der Waals surface area contributed by atoms with Gasteiger partial charge in [-0.15, -0.1) is 0 Å². The van der Waals surface area contributed by atoms with Crippen LogP contribution in [0.1, 0.15) is 5.69 Å². The van der Waals surface area contributed by atoms with E-state index in [1.807, 2.05) is 25.1 Å². The van der Waals surface area contributed by atoms with Crippen molar-refractivity contribution in [1.82, 2.24) is 24.6 Å². The molecule has 4 rings (SSSR count). The van der Waals surface area contributed by atoms with E-state index in [2.05, 4.69) is 20.0 Å². The Labute approximate surface area is 127 Å². The normalized spacial score (nSPS) is 15.4. The Morgan fingerprint density at radius 3 is 2.82 bits per heavy atom. The standard InChI is InChI=1S/C15H16N6O/c1-11-14(21-13(18-11)3-2-5-17-21)15-16-6-4-12(19-15)20-7-9-22-10-8-20/h2-6H,7-10H2,1H3. The molecule has 7 heteroatoms. The monoisotopic (exact) mass is 296 g/mol. The fourth-order valence-electron chi connectivity index (χ4n) is 2.69. The van der Waals surface area contributed by atoms with Crippen LogP contribution in [0, 0.1) is 6.92 Å². The van der Waals surface area contributed by atoms with Gasteiger partial charge in [0.2, 0.25) is 0 Å². The van der Waals surface area contributed by atoms with E-state index >= 15 is 0 Å². The molecule has 0 radical (unpaired) electrons. The van der Waals surface area contributed by atoms with Gasteiger partial charge in [0, 0.05) is 25.5 Å². The third-order valence-electron chi connectivity index (χ3n) is 3.76. The first kappa shape index (κ1) is 13.1. The molecule has 0 aromatic carbocycles. The Morgan fingerprint density at radius 2 is 1.95 bits per heavy atom. The molecule has 4 heterocycles. The van der Waals surface area contributed by atoms with Gasteiger partial charge in [0.05, 0.1) is 18.9 Å². The van der Waals surface area contributed by atoms with Crippen molar-refractivity contribution in [3.8, 4) is 11.5 Å². The molecule has 0 spiro atoms. The van der Waals surface area contributed by atoms with Gasteiger partial charge in [0.1, 0.15) is 11.5 Å². The topological polar surface area (TPSA) is 68.4 Å². The van der Waals surface area contributed by atoms with Crippen molar-refractivity contribution in [3.63, 3.8) is 0 Å². The molecule has 1 saturated heterocycles. The first-order chi connectivity index (χ1) is 10.8. The minimum absolute atomic E-state index is 0.646. The maximum atomic E-state index is 5.39. The maximum absolute atomic E-state index is 5.39. The number of fused-ring (bicyclic) bond motifs is 1. The average Bonchev–Trinajstić information content (AvgIpc) is 2.91. The second-order valence-corrected chi connectivity index (χ2v) is 5.18. The average molecular weight is 296 g/mol.